The number of carboxylic acid groups (broad SMARTS) is 1. The van der Waals surface area contributed by atoms with Crippen LogP contribution in [0.1, 0.15) is 38.2 Å². The first kappa shape index (κ1) is 16.1. The predicted octanol–water partition coefficient (Wildman–Crippen LogP) is 3.31. The molecule has 2 N–H and O–H groups in total. The van der Waals surface area contributed by atoms with Crippen molar-refractivity contribution in [1.29, 1.82) is 0 Å². The fourth-order valence-electron chi connectivity index (χ4n) is 2.62. The van der Waals surface area contributed by atoms with Crippen LogP contribution in [0.15, 0.2) is 30.3 Å². The van der Waals surface area contributed by atoms with Crippen LogP contribution in [0.4, 0.5) is 9.59 Å². The summed E-state index contributed by atoms with van der Waals surface area (Å²) in [4.78, 5) is 22.4. The molecule has 0 aromatic heterocycles. The number of carbonyl (C=O) groups is 2. The third kappa shape index (κ3) is 4.95. The van der Waals surface area contributed by atoms with Crippen LogP contribution in [0.25, 0.3) is 0 Å². The minimum Gasteiger partial charge on any atom is -0.450 e. The lowest BCUT2D eigenvalue weighted by atomic mass is 9.83. The SMILES string of the molecule is C[C@]1(OC(=O)O)CC[C@H](NC(=O)OCc2ccccc2)CC1. The van der Waals surface area contributed by atoms with Crippen LogP contribution in [0.3, 0.4) is 0 Å². The first-order chi connectivity index (χ1) is 10.5. The monoisotopic (exact) mass is 307 g/mol. The van der Waals surface area contributed by atoms with E-state index in [1.165, 1.54) is 0 Å². The van der Waals surface area contributed by atoms with Crippen molar-refractivity contribution in [2.24, 2.45) is 0 Å². The van der Waals surface area contributed by atoms with Gasteiger partial charge < -0.3 is 19.9 Å². The summed E-state index contributed by atoms with van der Waals surface area (Å²) in [5.74, 6) is 0. The molecule has 0 atom stereocenters. The molecule has 22 heavy (non-hydrogen) atoms. The summed E-state index contributed by atoms with van der Waals surface area (Å²) in [6.07, 6.45) is 0.813. The third-order valence-electron chi connectivity index (χ3n) is 3.91. The first-order valence-electron chi connectivity index (χ1n) is 7.36. The van der Waals surface area contributed by atoms with Gasteiger partial charge in [0.2, 0.25) is 0 Å². The minimum absolute atomic E-state index is 0.00579. The Hall–Kier alpha value is -2.24. The van der Waals surface area contributed by atoms with Crippen LogP contribution < -0.4 is 5.32 Å². The molecular formula is C16H21NO5. The average Bonchev–Trinajstić information content (AvgIpc) is 2.48. The third-order valence-corrected chi connectivity index (χ3v) is 3.91. The molecule has 1 aromatic carbocycles. The smallest absolute Gasteiger partial charge is 0.450 e. The summed E-state index contributed by atoms with van der Waals surface area (Å²) in [5.41, 5.74) is 0.279. The summed E-state index contributed by atoms with van der Waals surface area (Å²) in [6, 6.07) is 9.46. The Morgan fingerprint density at radius 2 is 1.91 bits per heavy atom. The summed E-state index contributed by atoms with van der Waals surface area (Å²) in [6.45, 7) is 2.02. The summed E-state index contributed by atoms with van der Waals surface area (Å²) in [5, 5.41) is 11.5. The molecule has 1 saturated carbocycles. The van der Waals surface area contributed by atoms with Gasteiger partial charge in [0, 0.05) is 6.04 Å². The number of hydrogen-bond donors (Lipinski definition) is 2. The van der Waals surface area contributed by atoms with Crippen molar-refractivity contribution in [3.8, 4) is 0 Å². The van der Waals surface area contributed by atoms with Crippen molar-refractivity contribution in [2.45, 2.75) is 50.9 Å². The number of ether oxygens (including phenoxy) is 2. The number of rotatable bonds is 4. The van der Waals surface area contributed by atoms with Gasteiger partial charge in [-0.3, -0.25) is 0 Å². The molecule has 0 heterocycles. The summed E-state index contributed by atoms with van der Waals surface area (Å²) in [7, 11) is 0. The maximum absolute atomic E-state index is 11.8. The lowest BCUT2D eigenvalue weighted by molar-refractivity contribution is -0.0336. The number of amides is 1. The lowest BCUT2D eigenvalue weighted by Crippen LogP contribution is -2.44. The molecule has 0 radical (unpaired) electrons. The second-order valence-corrected chi connectivity index (χ2v) is 5.80. The highest BCUT2D eigenvalue weighted by molar-refractivity contribution is 5.67. The zero-order valence-corrected chi connectivity index (χ0v) is 12.6. The van der Waals surface area contributed by atoms with Gasteiger partial charge in [-0.2, -0.15) is 0 Å². The molecule has 2 rings (SSSR count). The van der Waals surface area contributed by atoms with E-state index in [4.69, 9.17) is 14.6 Å². The van der Waals surface area contributed by atoms with Crippen LogP contribution in [0.2, 0.25) is 0 Å². The van der Waals surface area contributed by atoms with E-state index in [1.807, 2.05) is 30.3 Å². The van der Waals surface area contributed by atoms with E-state index in [0.29, 0.717) is 25.7 Å². The zero-order valence-electron chi connectivity index (χ0n) is 12.6. The van der Waals surface area contributed by atoms with Gasteiger partial charge in [-0.1, -0.05) is 30.3 Å². The number of carbonyl (C=O) groups excluding carboxylic acids is 1. The van der Waals surface area contributed by atoms with Crippen molar-refractivity contribution in [1.82, 2.24) is 5.32 Å². The molecule has 0 aliphatic heterocycles. The fraction of sp³-hybridized carbons (Fsp3) is 0.500. The molecule has 120 valence electrons. The van der Waals surface area contributed by atoms with Crippen molar-refractivity contribution in [3.63, 3.8) is 0 Å². The largest absolute Gasteiger partial charge is 0.506 e. The van der Waals surface area contributed by atoms with Gasteiger partial charge >= 0.3 is 12.2 Å². The zero-order chi connectivity index (χ0) is 16.0. The van der Waals surface area contributed by atoms with Crippen LogP contribution >= 0.6 is 0 Å². The molecule has 6 nitrogen and oxygen atoms in total. The van der Waals surface area contributed by atoms with Gasteiger partial charge in [-0.05, 0) is 38.2 Å². The Kier molecular flexibility index (Phi) is 5.25. The Balaban J connectivity index is 1.71. The van der Waals surface area contributed by atoms with Gasteiger partial charge in [0.1, 0.15) is 12.2 Å². The van der Waals surface area contributed by atoms with E-state index in [2.05, 4.69) is 5.32 Å². The van der Waals surface area contributed by atoms with Gasteiger partial charge in [-0.25, -0.2) is 9.59 Å². The van der Waals surface area contributed by atoms with E-state index in [9.17, 15) is 9.59 Å². The van der Waals surface area contributed by atoms with Crippen LogP contribution in [-0.4, -0.2) is 29.0 Å². The molecule has 0 unspecified atom stereocenters. The Labute approximate surface area is 129 Å². The molecular weight excluding hydrogens is 286 g/mol. The average molecular weight is 307 g/mol. The van der Waals surface area contributed by atoms with Crippen LogP contribution in [-0.2, 0) is 16.1 Å². The molecule has 1 aromatic rings. The molecule has 1 aliphatic rings. The molecule has 1 fully saturated rings. The van der Waals surface area contributed by atoms with Crippen molar-refractivity contribution in [2.75, 3.05) is 0 Å². The highest BCUT2D eigenvalue weighted by Crippen LogP contribution is 2.31. The maximum Gasteiger partial charge on any atom is 0.506 e. The predicted molar refractivity (Wildman–Crippen MR) is 79.5 cm³/mol. The van der Waals surface area contributed by atoms with E-state index in [0.717, 1.165) is 5.56 Å². The van der Waals surface area contributed by atoms with Crippen molar-refractivity contribution < 1.29 is 24.2 Å². The normalized spacial score (nSPS) is 24.3. The highest BCUT2D eigenvalue weighted by atomic mass is 16.7. The van der Waals surface area contributed by atoms with Gasteiger partial charge in [0.05, 0.1) is 0 Å². The molecule has 1 amide bonds. The number of benzene rings is 1. The number of nitrogens with one attached hydrogen (secondary N) is 1. The Morgan fingerprint density at radius 3 is 2.50 bits per heavy atom. The Morgan fingerprint density at radius 1 is 1.27 bits per heavy atom. The van der Waals surface area contributed by atoms with Crippen LogP contribution in [0, 0.1) is 0 Å². The molecule has 0 spiro atoms. The minimum atomic E-state index is -1.25. The topological polar surface area (TPSA) is 84.9 Å². The number of alkyl carbamates (subject to hydrolysis) is 1. The quantitative estimate of drug-likeness (QED) is 0.834. The van der Waals surface area contributed by atoms with E-state index in [-0.39, 0.29) is 12.6 Å². The molecule has 1 aliphatic carbocycles. The summed E-state index contributed by atoms with van der Waals surface area (Å²) < 4.78 is 10.1. The Bertz CT molecular complexity index is 509. The van der Waals surface area contributed by atoms with Crippen LogP contribution in [0.5, 0.6) is 0 Å². The highest BCUT2D eigenvalue weighted by Gasteiger charge is 2.35. The molecule has 0 saturated heterocycles. The molecule has 6 heteroatoms. The van der Waals surface area contributed by atoms with Gasteiger partial charge in [0.15, 0.2) is 0 Å². The second-order valence-electron chi connectivity index (χ2n) is 5.80. The fourth-order valence-corrected chi connectivity index (χ4v) is 2.62. The first-order valence-corrected chi connectivity index (χ1v) is 7.36. The number of hydrogen-bond acceptors (Lipinski definition) is 4. The van der Waals surface area contributed by atoms with Crippen molar-refractivity contribution in [3.05, 3.63) is 35.9 Å². The van der Waals surface area contributed by atoms with Gasteiger partial charge in [-0.15, -0.1) is 0 Å². The maximum atomic E-state index is 11.8. The molecule has 0 bridgehead atoms. The van der Waals surface area contributed by atoms with Gasteiger partial charge in [0.25, 0.3) is 0 Å². The van der Waals surface area contributed by atoms with E-state index in [1.54, 1.807) is 6.92 Å². The standard InChI is InChI=1S/C16H21NO5/c1-16(22-15(19)20)9-7-13(8-10-16)17-14(18)21-11-12-5-3-2-4-6-12/h2-6,13H,7-11H2,1H3,(H,17,18)(H,19,20)/t13-,16-. The lowest BCUT2D eigenvalue weighted by Gasteiger charge is -2.35. The second kappa shape index (κ2) is 7.15. The van der Waals surface area contributed by atoms with E-state index < -0.39 is 17.8 Å². The van der Waals surface area contributed by atoms with E-state index >= 15 is 0 Å². The van der Waals surface area contributed by atoms with Crippen molar-refractivity contribution >= 4 is 12.2 Å². The summed E-state index contributed by atoms with van der Waals surface area (Å²) >= 11 is 0.